The molecule has 0 unspecified atom stereocenters. The third-order valence-corrected chi connectivity index (χ3v) is 5.12. The molecule has 0 aliphatic rings. The van der Waals surface area contributed by atoms with Gasteiger partial charge in [0.1, 0.15) is 23.0 Å². The van der Waals surface area contributed by atoms with Crippen LogP contribution in [0.4, 0.5) is 0 Å². The lowest BCUT2D eigenvalue weighted by Crippen LogP contribution is -2.10. The fraction of sp³-hybridized carbons (Fsp3) is 0.161. The van der Waals surface area contributed by atoms with E-state index in [0.29, 0.717) is 29.9 Å². The molecule has 3 aromatic rings. The Morgan fingerprint density at radius 1 is 0.550 bits per heavy atom. The van der Waals surface area contributed by atoms with Gasteiger partial charge in [0.05, 0.1) is 24.3 Å². The largest absolute Gasteiger partial charge is 0.493 e. The van der Waals surface area contributed by atoms with Gasteiger partial charge in [-0.3, -0.25) is 0 Å². The van der Waals surface area contributed by atoms with Crippen molar-refractivity contribution in [2.24, 2.45) is 0 Å². The molecule has 0 bridgehead atoms. The summed E-state index contributed by atoms with van der Waals surface area (Å²) in [6.45, 7) is 10.7. The van der Waals surface area contributed by atoms with Gasteiger partial charge in [0.2, 0.25) is 0 Å². The monoisotopic (exact) mass is 544 g/mol. The van der Waals surface area contributed by atoms with Crippen molar-refractivity contribution in [1.82, 2.24) is 0 Å². The number of rotatable bonds is 12. The van der Waals surface area contributed by atoms with E-state index in [4.69, 9.17) is 23.7 Å². The van der Waals surface area contributed by atoms with Gasteiger partial charge >= 0.3 is 23.9 Å². The second kappa shape index (κ2) is 14.1. The van der Waals surface area contributed by atoms with Crippen LogP contribution >= 0.6 is 0 Å². The van der Waals surface area contributed by atoms with Gasteiger partial charge in [0, 0.05) is 17.6 Å². The van der Waals surface area contributed by atoms with Gasteiger partial charge in [0.25, 0.3) is 0 Å². The van der Waals surface area contributed by atoms with Crippen LogP contribution in [0.3, 0.4) is 0 Å². The minimum atomic E-state index is -0.613. The number of ether oxygens (including phenoxy) is 5. The first kappa shape index (κ1) is 29.4. The molecule has 0 aliphatic carbocycles. The average Bonchev–Trinajstić information content (AvgIpc) is 2.94. The molecule has 3 rings (SSSR count). The van der Waals surface area contributed by atoms with Gasteiger partial charge in [-0.1, -0.05) is 13.2 Å². The number of esters is 4. The molecule has 0 aromatic heterocycles. The summed E-state index contributed by atoms with van der Waals surface area (Å²) in [6.07, 6.45) is 0.507. The maximum atomic E-state index is 12.5. The van der Waals surface area contributed by atoms with Gasteiger partial charge in [-0.2, -0.15) is 0 Å². The maximum absolute atomic E-state index is 12.5. The average molecular weight is 545 g/mol. The minimum absolute atomic E-state index is 0.218. The summed E-state index contributed by atoms with van der Waals surface area (Å²) in [5.74, 6) is -0.849. The minimum Gasteiger partial charge on any atom is -0.493 e. The molecule has 40 heavy (non-hydrogen) atoms. The quantitative estimate of drug-likeness (QED) is 0.126. The van der Waals surface area contributed by atoms with Gasteiger partial charge in [0.15, 0.2) is 0 Å². The summed E-state index contributed by atoms with van der Waals surface area (Å²) >= 11 is 0. The third kappa shape index (κ3) is 8.98. The number of carbonyl (C=O) groups is 4. The molecule has 0 saturated carbocycles. The Kier molecular flexibility index (Phi) is 10.4. The van der Waals surface area contributed by atoms with Crippen LogP contribution in [0.25, 0.3) is 0 Å². The van der Waals surface area contributed by atoms with Crippen LogP contribution < -0.4 is 18.9 Å². The maximum Gasteiger partial charge on any atom is 0.343 e. The molecule has 0 radical (unpaired) electrons. The van der Waals surface area contributed by atoms with E-state index in [-0.39, 0.29) is 35.0 Å². The van der Waals surface area contributed by atoms with E-state index in [1.165, 1.54) is 55.5 Å². The zero-order valence-corrected chi connectivity index (χ0v) is 22.1. The molecule has 0 spiro atoms. The van der Waals surface area contributed by atoms with Crippen LogP contribution in [0.1, 0.15) is 41.0 Å². The highest BCUT2D eigenvalue weighted by Gasteiger charge is 2.13. The van der Waals surface area contributed by atoms with E-state index in [0.717, 1.165) is 0 Å². The second-order valence-electron chi connectivity index (χ2n) is 8.59. The standard InChI is InChI=1S/C31H28O9/c1-20(2)28(32)37-19-5-18-36-24-10-6-22(7-11-24)30(34)39-26-14-16-27(17-15-26)40-31(35)23-8-12-25(13-9-23)38-29(33)21(3)4/h6-17H,1,3,5,18-19H2,2,4H3. The van der Waals surface area contributed by atoms with Gasteiger partial charge < -0.3 is 23.7 Å². The zero-order chi connectivity index (χ0) is 29.1. The van der Waals surface area contributed by atoms with Gasteiger partial charge in [-0.05, 0) is 86.6 Å². The van der Waals surface area contributed by atoms with Crippen molar-refractivity contribution in [2.45, 2.75) is 20.3 Å². The summed E-state index contributed by atoms with van der Waals surface area (Å²) in [7, 11) is 0. The van der Waals surface area contributed by atoms with E-state index in [2.05, 4.69) is 13.2 Å². The SMILES string of the molecule is C=C(C)C(=O)OCCCOc1ccc(C(=O)Oc2ccc(OC(=O)c3ccc(OC(=O)C(=C)C)cc3)cc2)cc1. The lowest BCUT2D eigenvalue weighted by Gasteiger charge is -2.09. The molecular formula is C31H28O9. The Balaban J connectivity index is 1.45. The highest BCUT2D eigenvalue weighted by atomic mass is 16.5. The van der Waals surface area contributed by atoms with E-state index >= 15 is 0 Å². The molecule has 0 fully saturated rings. The first-order valence-electron chi connectivity index (χ1n) is 12.2. The van der Waals surface area contributed by atoms with E-state index in [9.17, 15) is 19.2 Å². The molecule has 0 aliphatic heterocycles. The fourth-order valence-electron chi connectivity index (χ4n) is 2.99. The Hall–Kier alpha value is -5.18. The first-order chi connectivity index (χ1) is 19.1. The molecule has 0 N–H and O–H groups in total. The molecule has 3 aromatic carbocycles. The molecule has 0 saturated heterocycles. The van der Waals surface area contributed by atoms with Crippen molar-refractivity contribution in [3.8, 4) is 23.0 Å². The lowest BCUT2D eigenvalue weighted by atomic mass is 10.2. The van der Waals surface area contributed by atoms with Crippen LogP contribution in [-0.4, -0.2) is 37.1 Å². The van der Waals surface area contributed by atoms with Crippen LogP contribution in [0.15, 0.2) is 97.1 Å². The summed E-state index contributed by atoms with van der Waals surface area (Å²) in [4.78, 5) is 47.8. The lowest BCUT2D eigenvalue weighted by molar-refractivity contribution is -0.139. The summed E-state index contributed by atoms with van der Waals surface area (Å²) in [5.41, 5.74) is 1.17. The van der Waals surface area contributed by atoms with Crippen LogP contribution in [0, 0.1) is 0 Å². The van der Waals surface area contributed by atoms with Crippen molar-refractivity contribution in [2.75, 3.05) is 13.2 Å². The van der Waals surface area contributed by atoms with Crippen LogP contribution in [-0.2, 0) is 14.3 Å². The van der Waals surface area contributed by atoms with Gasteiger partial charge in [-0.15, -0.1) is 0 Å². The van der Waals surface area contributed by atoms with Crippen LogP contribution in [0.5, 0.6) is 23.0 Å². The summed E-state index contributed by atoms with van der Waals surface area (Å²) in [5, 5.41) is 0. The first-order valence-corrected chi connectivity index (χ1v) is 12.2. The van der Waals surface area contributed by atoms with E-state index < -0.39 is 23.9 Å². The van der Waals surface area contributed by atoms with Crippen molar-refractivity contribution in [3.63, 3.8) is 0 Å². The normalized spacial score (nSPS) is 10.2. The smallest absolute Gasteiger partial charge is 0.343 e. The highest BCUT2D eigenvalue weighted by molar-refractivity contribution is 5.92. The van der Waals surface area contributed by atoms with Gasteiger partial charge in [-0.25, -0.2) is 19.2 Å². The van der Waals surface area contributed by atoms with Crippen molar-refractivity contribution < 1.29 is 42.9 Å². The number of benzene rings is 3. The fourth-order valence-corrected chi connectivity index (χ4v) is 2.99. The second-order valence-corrected chi connectivity index (χ2v) is 8.59. The predicted molar refractivity (Wildman–Crippen MR) is 146 cm³/mol. The molecule has 0 atom stereocenters. The Morgan fingerprint density at radius 3 is 1.40 bits per heavy atom. The Morgan fingerprint density at radius 2 is 0.950 bits per heavy atom. The third-order valence-electron chi connectivity index (χ3n) is 5.12. The van der Waals surface area contributed by atoms with E-state index in [1.807, 2.05) is 0 Å². The molecule has 0 amide bonds. The molecule has 0 heterocycles. The summed E-state index contributed by atoms with van der Waals surface area (Å²) in [6, 6.07) is 18.3. The number of hydrogen-bond donors (Lipinski definition) is 0. The molecular weight excluding hydrogens is 516 g/mol. The van der Waals surface area contributed by atoms with Crippen molar-refractivity contribution in [1.29, 1.82) is 0 Å². The zero-order valence-electron chi connectivity index (χ0n) is 22.1. The Bertz CT molecular complexity index is 1390. The molecule has 9 heteroatoms. The highest BCUT2D eigenvalue weighted by Crippen LogP contribution is 2.21. The van der Waals surface area contributed by atoms with Crippen molar-refractivity contribution >= 4 is 23.9 Å². The van der Waals surface area contributed by atoms with Crippen LogP contribution in [0.2, 0.25) is 0 Å². The summed E-state index contributed by atoms with van der Waals surface area (Å²) < 4.78 is 26.4. The molecule has 206 valence electrons. The van der Waals surface area contributed by atoms with Crippen molar-refractivity contribution in [3.05, 3.63) is 108 Å². The predicted octanol–water partition coefficient (Wildman–Crippen LogP) is 5.49. The Labute approximate surface area is 231 Å². The topological polar surface area (TPSA) is 114 Å². The number of hydrogen-bond acceptors (Lipinski definition) is 9. The number of carbonyl (C=O) groups excluding carboxylic acids is 4. The van der Waals surface area contributed by atoms with E-state index in [1.54, 1.807) is 31.2 Å². The molecule has 9 nitrogen and oxygen atoms in total.